The van der Waals surface area contributed by atoms with Crippen LogP contribution < -0.4 is 20.1 Å². The third-order valence-corrected chi connectivity index (χ3v) is 4.48. The molecule has 0 bridgehead atoms. The number of benzene rings is 3. The smallest absolute Gasteiger partial charge is 0.259 e. The molecule has 0 heterocycles. The highest BCUT2D eigenvalue weighted by molar-refractivity contribution is 6.06. The van der Waals surface area contributed by atoms with E-state index in [0.717, 1.165) is 5.69 Å². The molecule has 0 saturated heterocycles. The van der Waals surface area contributed by atoms with Crippen molar-refractivity contribution in [2.45, 2.75) is 13.0 Å². The van der Waals surface area contributed by atoms with Crippen LogP contribution in [-0.2, 0) is 0 Å². The molecule has 0 radical (unpaired) electrons. The minimum absolute atomic E-state index is 0.183. The number of hydrogen-bond acceptors (Lipinski definition) is 4. The monoisotopic (exact) mass is 376 g/mol. The molecule has 5 nitrogen and oxygen atoms in total. The maximum absolute atomic E-state index is 12.6. The summed E-state index contributed by atoms with van der Waals surface area (Å²) in [5.74, 6) is 0.836. The second-order valence-corrected chi connectivity index (χ2v) is 6.37. The molecular weight excluding hydrogens is 352 g/mol. The van der Waals surface area contributed by atoms with Crippen LogP contribution in [0, 0.1) is 0 Å². The van der Waals surface area contributed by atoms with Gasteiger partial charge in [0.15, 0.2) is 0 Å². The van der Waals surface area contributed by atoms with Crippen molar-refractivity contribution in [2.75, 3.05) is 24.9 Å². The Hall–Kier alpha value is -3.47. The number of carbonyl (C=O) groups is 1. The maximum atomic E-state index is 12.6. The van der Waals surface area contributed by atoms with Crippen LogP contribution >= 0.6 is 0 Å². The van der Waals surface area contributed by atoms with Crippen molar-refractivity contribution < 1.29 is 14.3 Å². The van der Waals surface area contributed by atoms with Crippen LogP contribution in [0.2, 0.25) is 0 Å². The van der Waals surface area contributed by atoms with E-state index in [0.29, 0.717) is 22.7 Å². The summed E-state index contributed by atoms with van der Waals surface area (Å²) in [6, 6.07) is 23.2. The van der Waals surface area contributed by atoms with E-state index in [9.17, 15) is 4.79 Å². The molecule has 144 valence electrons. The Labute approximate surface area is 165 Å². The lowest BCUT2D eigenvalue weighted by atomic mass is 10.1. The topological polar surface area (TPSA) is 59.6 Å². The fourth-order valence-electron chi connectivity index (χ4n) is 2.91. The number of methoxy groups -OCH3 is 2. The standard InChI is InChI=1S/C23H24N2O3/c1-16(17-7-5-4-6-8-17)24-18-9-11-19(12-10-18)25-23(26)21-15-20(27-2)13-14-22(21)28-3/h4-16,24H,1-3H3,(H,25,26). The Morgan fingerprint density at radius 2 is 1.54 bits per heavy atom. The van der Waals surface area contributed by atoms with Gasteiger partial charge in [0.25, 0.3) is 5.91 Å². The summed E-state index contributed by atoms with van der Waals surface area (Å²) in [6.45, 7) is 2.11. The minimum Gasteiger partial charge on any atom is -0.497 e. The van der Waals surface area contributed by atoms with E-state index in [1.165, 1.54) is 12.7 Å². The predicted molar refractivity (Wildman–Crippen MR) is 112 cm³/mol. The molecule has 1 amide bonds. The average Bonchev–Trinajstić information content (AvgIpc) is 2.75. The molecule has 3 aromatic carbocycles. The molecule has 0 aliphatic carbocycles. The Morgan fingerprint density at radius 1 is 0.857 bits per heavy atom. The second kappa shape index (κ2) is 8.95. The van der Waals surface area contributed by atoms with Crippen molar-refractivity contribution in [3.05, 3.63) is 83.9 Å². The van der Waals surface area contributed by atoms with Gasteiger partial charge in [0.1, 0.15) is 11.5 Å². The van der Waals surface area contributed by atoms with Gasteiger partial charge in [-0.1, -0.05) is 30.3 Å². The second-order valence-electron chi connectivity index (χ2n) is 6.37. The molecule has 0 aromatic heterocycles. The number of rotatable bonds is 7. The van der Waals surface area contributed by atoms with E-state index in [1.807, 2.05) is 42.5 Å². The summed E-state index contributed by atoms with van der Waals surface area (Å²) in [7, 11) is 3.10. The van der Waals surface area contributed by atoms with Crippen LogP contribution in [0.1, 0.15) is 28.9 Å². The van der Waals surface area contributed by atoms with Crippen LogP contribution in [0.5, 0.6) is 11.5 Å². The minimum atomic E-state index is -0.255. The van der Waals surface area contributed by atoms with Gasteiger partial charge in [0.05, 0.1) is 19.8 Å². The van der Waals surface area contributed by atoms with E-state index in [2.05, 4.69) is 29.7 Å². The summed E-state index contributed by atoms with van der Waals surface area (Å²) in [5, 5.41) is 6.35. The first-order valence-corrected chi connectivity index (χ1v) is 9.05. The number of carbonyl (C=O) groups excluding carboxylic acids is 1. The quantitative estimate of drug-likeness (QED) is 0.600. The molecule has 5 heteroatoms. The lowest BCUT2D eigenvalue weighted by Crippen LogP contribution is -2.13. The number of ether oxygens (including phenoxy) is 2. The SMILES string of the molecule is COc1ccc(OC)c(C(=O)Nc2ccc(NC(C)c3ccccc3)cc2)c1. The van der Waals surface area contributed by atoms with E-state index in [4.69, 9.17) is 9.47 Å². The van der Waals surface area contributed by atoms with Gasteiger partial charge in [-0.2, -0.15) is 0 Å². The van der Waals surface area contributed by atoms with Crippen LogP contribution in [0.25, 0.3) is 0 Å². The Morgan fingerprint density at radius 3 is 2.18 bits per heavy atom. The fraction of sp³-hybridized carbons (Fsp3) is 0.174. The van der Waals surface area contributed by atoms with Crippen molar-refractivity contribution in [2.24, 2.45) is 0 Å². The number of anilines is 2. The summed E-state index contributed by atoms with van der Waals surface area (Å²) in [6.07, 6.45) is 0. The third kappa shape index (κ3) is 4.62. The van der Waals surface area contributed by atoms with Crippen molar-refractivity contribution in [1.82, 2.24) is 0 Å². The van der Waals surface area contributed by atoms with Gasteiger partial charge in [-0.25, -0.2) is 0 Å². The number of hydrogen-bond donors (Lipinski definition) is 2. The molecule has 1 atom stereocenters. The molecule has 28 heavy (non-hydrogen) atoms. The molecule has 0 saturated carbocycles. The molecule has 0 aliphatic heterocycles. The van der Waals surface area contributed by atoms with Gasteiger partial charge in [-0.3, -0.25) is 4.79 Å². The Kier molecular flexibility index (Phi) is 6.17. The van der Waals surface area contributed by atoms with Gasteiger partial charge in [0.2, 0.25) is 0 Å². The summed E-state index contributed by atoms with van der Waals surface area (Å²) < 4.78 is 10.5. The highest BCUT2D eigenvalue weighted by atomic mass is 16.5. The zero-order chi connectivity index (χ0) is 19.9. The highest BCUT2D eigenvalue weighted by Crippen LogP contribution is 2.26. The first kappa shape index (κ1) is 19.3. The largest absolute Gasteiger partial charge is 0.497 e. The maximum Gasteiger partial charge on any atom is 0.259 e. The van der Waals surface area contributed by atoms with E-state index in [1.54, 1.807) is 25.3 Å². The summed E-state index contributed by atoms with van der Waals surface area (Å²) >= 11 is 0. The zero-order valence-corrected chi connectivity index (χ0v) is 16.2. The molecule has 0 fully saturated rings. The van der Waals surface area contributed by atoms with Crippen LogP contribution in [0.3, 0.4) is 0 Å². The number of nitrogens with one attached hydrogen (secondary N) is 2. The summed E-state index contributed by atoms with van der Waals surface area (Å²) in [5.41, 5.74) is 3.31. The lowest BCUT2D eigenvalue weighted by molar-refractivity contribution is 0.102. The van der Waals surface area contributed by atoms with Gasteiger partial charge >= 0.3 is 0 Å². The van der Waals surface area contributed by atoms with Crippen molar-refractivity contribution in [1.29, 1.82) is 0 Å². The first-order valence-electron chi connectivity index (χ1n) is 9.05. The van der Waals surface area contributed by atoms with Gasteiger partial charge in [0, 0.05) is 17.4 Å². The van der Waals surface area contributed by atoms with Crippen molar-refractivity contribution in [3.63, 3.8) is 0 Å². The third-order valence-electron chi connectivity index (χ3n) is 4.48. The fourth-order valence-corrected chi connectivity index (χ4v) is 2.91. The van der Waals surface area contributed by atoms with Crippen LogP contribution in [0.4, 0.5) is 11.4 Å². The number of amides is 1. The van der Waals surface area contributed by atoms with Gasteiger partial charge < -0.3 is 20.1 Å². The van der Waals surface area contributed by atoms with Crippen LogP contribution in [0.15, 0.2) is 72.8 Å². The van der Waals surface area contributed by atoms with Crippen LogP contribution in [-0.4, -0.2) is 20.1 Å². The molecule has 0 aliphatic rings. The predicted octanol–water partition coefficient (Wildman–Crippen LogP) is 5.13. The van der Waals surface area contributed by atoms with Crippen molar-refractivity contribution in [3.8, 4) is 11.5 Å². The molecule has 3 aromatic rings. The highest BCUT2D eigenvalue weighted by Gasteiger charge is 2.14. The first-order chi connectivity index (χ1) is 13.6. The van der Waals surface area contributed by atoms with Crippen molar-refractivity contribution >= 4 is 17.3 Å². The molecule has 2 N–H and O–H groups in total. The normalized spacial score (nSPS) is 11.4. The summed E-state index contributed by atoms with van der Waals surface area (Å²) in [4.78, 5) is 12.6. The van der Waals surface area contributed by atoms with E-state index >= 15 is 0 Å². The van der Waals surface area contributed by atoms with E-state index < -0.39 is 0 Å². The van der Waals surface area contributed by atoms with Gasteiger partial charge in [-0.05, 0) is 55.0 Å². The van der Waals surface area contributed by atoms with E-state index in [-0.39, 0.29) is 11.9 Å². The Balaban J connectivity index is 1.68. The zero-order valence-electron chi connectivity index (χ0n) is 16.2. The Bertz CT molecular complexity index is 924. The lowest BCUT2D eigenvalue weighted by Gasteiger charge is -2.16. The molecule has 3 rings (SSSR count). The molecule has 0 spiro atoms. The van der Waals surface area contributed by atoms with Gasteiger partial charge in [-0.15, -0.1) is 0 Å². The average molecular weight is 376 g/mol. The molecular formula is C23H24N2O3. The molecule has 1 unspecified atom stereocenters.